The second-order valence-corrected chi connectivity index (χ2v) is 5.19. The van der Waals surface area contributed by atoms with Crippen LogP contribution < -0.4 is 0 Å². The molecule has 0 amide bonds. The van der Waals surface area contributed by atoms with Crippen molar-refractivity contribution in [1.29, 1.82) is 0 Å². The molecule has 3 heteroatoms. The number of hydrogen-bond acceptors (Lipinski definition) is 2. The minimum atomic E-state index is -0.170. The summed E-state index contributed by atoms with van der Waals surface area (Å²) in [7, 11) is 0. The van der Waals surface area contributed by atoms with Gasteiger partial charge in [-0.15, -0.1) is 11.3 Å². The van der Waals surface area contributed by atoms with Gasteiger partial charge in [-0.1, -0.05) is 12.1 Å². The number of nitrogens with zero attached hydrogens (tertiary/aromatic N) is 1. The SMILES string of the molecule is Fc1cccc(Cc2nc(C3CC3)cs2)c1. The number of thiazole rings is 1. The van der Waals surface area contributed by atoms with Gasteiger partial charge < -0.3 is 0 Å². The monoisotopic (exact) mass is 233 g/mol. The van der Waals surface area contributed by atoms with Crippen molar-refractivity contribution in [2.24, 2.45) is 0 Å². The minimum Gasteiger partial charge on any atom is -0.246 e. The molecule has 1 nitrogen and oxygen atoms in total. The lowest BCUT2D eigenvalue weighted by molar-refractivity contribution is 0.626. The van der Waals surface area contributed by atoms with E-state index in [-0.39, 0.29) is 5.82 Å². The molecule has 1 heterocycles. The van der Waals surface area contributed by atoms with Crippen molar-refractivity contribution in [3.8, 4) is 0 Å². The summed E-state index contributed by atoms with van der Waals surface area (Å²) in [4.78, 5) is 4.59. The molecule has 0 spiro atoms. The van der Waals surface area contributed by atoms with E-state index in [9.17, 15) is 4.39 Å². The van der Waals surface area contributed by atoms with Crippen molar-refractivity contribution in [2.75, 3.05) is 0 Å². The van der Waals surface area contributed by atoms with E-state index < -0.39 is 0 Å². The fraction of sp³-hybridized carbons (Fsp3) is 0.308. The molecule has 0 unspecified atom stereocenters. The van der Waals surface area contributed by atoms with Gasteiger partial charge >= 0.3 is 0 Å². The van der Waals surface area contributed by atoms with Gasteiger partial charge in [-0.05, 0) is 30.5 Å². The summed E-state index contributed by atoms with van der Waals surface area (Å²) < 4.78 is 13.0. The van der Waals surface area contributed by atoms with E-state index in [4.69, 9.17) is 0 Å². The normalized spacial score (nSPS) is 15.3. The molecule has 1 aromatic heterocycles. The molecule has 1 saturated carbocycles. The molecule has 2 aromatic rings. The van der Waals surface area contributed by atoms with Crippen LogP contribution in [0.15, 0.2) is 29.6 Å². The zero-order chi connectivity index (χ0) is 11.0. The van der Waals surface area contributed by atoms with E-state index in [0.717, 1.165) is 17.0 Å². The molecule has 0 saturated heterocycles. The minimum absolute atomic E-state index is 0.170. The van der Waals surface area contributed by atoms with E-state index >= 15 is 0 Å². The van der Waals surface area contributed by atoms with Crippen LogP contribution in [-0.2, 0) is 6.42 Å². The molecule has 16 heavy (non-hydrogen) atoms. The van der Waals surface area contributed by atoms with Crippen molar-refractivity contribution in [2.45, 2.75) is 25.2 Å². The molecule has 0 radical (unpaired) electrons. The highest BCUT2D eigenvalue weighted by atomic mass is 32.1. The molecular weight excluding hydrogens is 221 g/mol. The smallest absolute Gasteiger partial charge is 0.123 e. The van der Waals surface area contributed by atoms with Gasteiger partial charge in [0, 0.05) is 17.7 Å². The van der Waals surface area contributed by atoms with E-state index in [1.165, 1.54) is 24.6 Å². The number of aromatic nitrogens is 1. The van der Waals surface area contributed by atoms with Crippen LogP contribution in [0.2, 0.25) is 0 Å². The number of rotatable bonds is 3. The molecule has 82 valence electrons. The Hall–Kier alpha value is -1.22. The highest BCUT2D eigenvalue weighted by molar-refractivity contribution is 7.09. The first-order valence-corrected chi connectivity index (χ1v) is 6.38. The molecule has 0 bridgehead atoms. The lowest BCUT2D eigenvalue weighted by Crippen LogP contribution is -1.89. The standard InChI is InChI=1S/C13H12FNS/c14-11-3-1-2-9(6-11)7-13-15-12(8-16-13)10-4-5-10/h1-3,6,8,10H,4-5,7H2. The largest absolute Gasteiger partial charge is 0.246 e. The Morgan fingerprint density at radius 1 is 1.38 bits per heavy atom. The average Bonchev–Trinajstić information content (AvgIpc) is 3.01. The molecular formula is C13H12FNS. The maximum atomic E-state index is 13.0. The average molecular weight is 233 g/mol. The highest BCUT2D eigenvalue weighted by Gasteiger charge is 2.25. The van der Waals surface area contributed by atoms with Crippen molar-refractivity contribution < 1.29 is 4.39 Å². The third kappa shape index (κ3) is 2.14. The Balaban J connectivity index is 1.77. The molecule has 1 fully saturated rings. The van der Waals surface area contributed by atoms with Crippen molar-refractivity contribution >= 4 is 11.3 Å². The fourth-order valence-electron chi connectivity index (χ4n) is 1.79. The lowest BCUT2D eigenvalue weighted by atomic mass is 10.1. The van der Waals surface area contributed by atoms with E-state index in [0.29, 0.717) is 5.92 Å². The van der Waals surface area contributed by atoms with E-state index in [1.54, 1.807) is 23.5 Å². The maximum absolute atomic E-state index is 13.0. The third-order valence-electron chi connectivity index (χ3n) is 2.81. The Morgan fingerprint density at radius 2 is 2.25 bits per heavy atom. The van der Waals surface area contributed by atoms with Gasteiger partial charge in [0.05, 0.1) is 10.7 Å². The molecule has 1 aromatic carbocycles. The molecule has 3 rings (SSSR count). The van der Waals surface area contributed by atoms with Crippen LogP contribution in [0, 0.1) is 5.82 Å². The number of halogens is 1. The number of benzene rings is 1. The Kier molecular flexibility index (Phi) is 2.48. The molecule has 1 aliphatic rings. The van der Waals surface area contributed by atoms with Crippen molar-refractivity contribution in [3.05, 3.63) is 51.7 Å². The fourth-order valence-corrected chi connectivity index (χ4v) is 2.70. The van der Waals surface area contributed by atoms with Gasteiger partial charge in [0.15, 0.2) is 0 Å². The van der Waals surface area contributed by atoms with Gasteiger partial charge in [0.2, 0.25) is 0 Å². The van der Waals surface area contributed by atoms with Crippen LogP contribution in [0.5, 0.6) is 0 Å². The number of hydrogen-bond donors (Lipinski definition) is 0. The summed E-state index contributed by atoms with van der Waals surface area (Å²) in [6, 6.07) is 6.75. The van der Waals surface area contributed by atoms with Gasteiger partial charge in [0.1, 0.15) is 5.82 Å². The second-order valence-electron chi connectivity index (χ2n) is 4.25. The van der Waals surface area contributed by atoms with E-state index in [1.807, 2.05) is 6.07 Å². The first-order valence-electron chi connectivity index (χ1n) is 5.50. The summed E-state index contributed by atoms with van der Waals surface area (Å²) >= 11 is 1.69. The van der Waals surface area contributed by atoms with Crippen molar-refractivity contribution in [3.63, 3.8) is 0 Å². The molecule has 0 atom stereocenters. The zero-order valence-electron chi connectivity index (χ0n) is 8.82. The summed E-state index contributed by atoms with van der Waals surface area (Å²) in [5.74, 6) is 0.536. The molecule has 0 aliphatic heterocycles. The van der Waals surface area contributed by atoms with Crippen LogP contribution in [0.4, 0.5) is 4.39 Å². The van der Waals surface area contributed by atoms with Gasteiger partial charge in [-0.2, -0.15) is 0 Å². The zero-order valence-corrected chi connectivity index (χ0v) is 9.64. The quantitative estimate of drug-likeness (QED) is 0.786. The Labute approximate surface area is 98.0 Å². The summed E-state index contributed by atoms with van der Waals surface area (Å²) in [5, 5.41) is 3.24. The van der Waals surface area contributed by atoms with Gasteiger partial charge in [-0.3, -0.25) is 0 Å². The van der Waals surface area contributed by atoms with Crippen LogP contribution in [0.25, 0.3) is 0 Å². The Morgan fingerprint density at radius 3 is 3.00 bits per heavy atom. The van der Waals surface area contributed by atoms with Crippen LogP contribution in [0.1, 0.15) is 35.0 Å². The van der Waals surface area contributed by atoms with Gasteiger partial charge in [-0.25, -0.2) is 9.37 Å². The lowest BCUT2D eigenvalue weighted by Gasteiger charge is -1.97. The highest BCUT2D eigenvalue weighted by Crippen LogP contribution is 2.40. The summed E-state index contributed by atoms with van der Waals surface area (Å²) in [5.41, 5.74) is 2.23. The first kappa shape index (κ1) is 9.97. The molecule has 1 aliphatic carbocycles. The van der Waals surface area contributed by atoms with Crippen LogP contribution >= 0.6 is 11.3 Å². The third-order valence-corrected chi connectivity index (χ3v) is 3.68. The van der Waals surface area contributed by atoms with E-state index in [2.05, 4.69) is 10.4 Å². The summed E-state index contributed by atoms with van der Waals surface area (Å²) in [6.45, 7) is 0. The maximum Gasteiger partial charge on any atom is 0.123 e. The Bertz CT molecular complexity index is 502. The van der Waals surface area contributed by atoms with Crippen LogP contribution in [-0.4, -0.2) is 4.98 Å². The van der Waals surface area contributed by atoms with Crippen molar-refractivity contribution in [1.82, 2.24) is 4.98 Å². The predicted molar refractivity (Wildman–Crippen MR) is 63.3 cm³/mol. The van der Waals surface area contributed by atoms with Gasteiger partial charge in [0.25, 0.3) is 0 Å². The molecule has 0 N–H and O–H groups in total. The summed E-state index contributed by atoms with van der Waals surface area (Å²) in [6.07, 6.45) is 3.31. The predicted octanol–water partition coefficient (Wildman–Crippen LogP) is 3.75. The van der Waals surface area contributed by atoms with Crippen LogP contribution in [0.3, 0.4) is 0 Å². The first-order chi connectivity index (χ1) is 7.81. The topological polar surface area (TPSA) is 12.9 Å². The second kappa shape index (κ2) is 3.98.